The number of aromatic nitrogens is 1. The zero-order chi connectivity index (χ0) is 13.8. The first-order valence-electron chi connectivity index (χ1n) is 5.50. The molecular weight excluding hydrogens is 305 g/mol. The number of hydrogen-bond donors (Lipinski definition) is 2. The number of amides is 1. The van der Waals surface area contributed by atoms with Crippen molar-refractivity contribution in [2.45, 2.75) is 0 Å². The Bertz CT molecular complexity index is 600. The molecular formula is C12H11Cl2N3OS. The van der Waals surface area contributed by atoms with E-state index in [1.54, 1.807) is 23.7 Å². The van der Waals surface area contributed by atoms with E-state index in [4.69, 9.17) is 28.9 Å². The molecule has 0 unspecified atom stereocenters. The van der Waals surface area contributed by atoms with Gasteiger partial charge in [0.2, 0.25) is 0 Å². The topological polar surface area (TPSA) is 68.0 Å². The van der Waals surface area contributed by atoms with Gasteiger partial charge in [0.1, 0.15) is 5.69 Å². The molecule has 7 heteroatoms. The summed E-state index contributed by atoms with van der Waals surface area (Å²) in [6.07, 6.45) is 0. The van der Waals surface area contributed by atoms with E-state index in [2.05, 4.69) is 10.3 Å². The third kappa shape index (κ3) is 3.25. The fourth-order valence-electron chi connectivity index (χ4n) is 1.52. The predicted octanol–water partition coefficient (Wildman–Crippen LogP) is 2.81. The number of rotatable bonds is 4. The van der Waals surface area contributed by atoms with E-state index in [9.17, 15) is 4.79 Å². The standard InChI is InChI=1S/C12H11Cl2N3OS/c13-8-2-1-7(5-9(8)14)11-10(17-6-19-11)12(18)16-4-3-15/h1-2,5-6H,3-4,15H2,(H,16,18). The second-order valence-electron chi connectivity index (χ2n) is 3.70. The van der Waals surface area contributed by atoms with E-state index in [1.165, 1.54) is 11.3 Å². The van der Waals surface area contributed by atoms with Crippen LogP contribution in [0.15, 0.2) is 23.7 Å². The summed E-state index contributed by atoms with van der Waals surface area (Å²) in [6.45, 7) is 0.801. The van der Waals surface area contributed by atoms with Gasteiger partial charge in [-0.15, -0.1) is 11.3 Å². The smallest absolute Gasteiger partial charge is 0.271 e. The molecule has 1 aromatic heterocycles. The highest BCUT2D eigenvalue weighted by atomic mass is 35.5. The lowest BCUT2D eigenvalue weighted by Crippen LogP contribution is -2.29. The Hall–Kier alpha value is -1.14. The van der Waals surface area contributed by atoms with Gasteiger partial charge in [0.05, 0.1) is 20.4 Å². The second-order valence-corrected chi connectivity index (χ2v) is 5.37. The summed E-state index contributed by atoms with van der Waals surface area (Å²) in [6, 6.07) is 5.22. The summed E-state index contributed by atoms with van der Waals surface area (Å²) in [7, 11) is 0. The van der Waals surface area contributed by atoms with Gasteiger partial charge in [-0.1, -0.05) is 29.3 Å². The van der Waals surface area contributed by atoms with Crippen molar-refractivity contribution in [3.05, 3.63) is 39.4 Å². The quantitative estimate of drug-likeness (QED) is 0.911. The van der Waals surface area contributed by atoms with E-state index >= 15 is 0 Å². The van der Waals surface area contributed by atoms with Gasteiger partial charge in [0.15, 0.2) is 0 Å². The molecule has 0 spiro atoms. The van der Waals surface area contributed by atoms with Gasteiger partial charge < -0.3 is 11.1 Å². The highest BCUT2D eigenvalue weighted by Crippen LogP contribution is 2.32. The zero-order valence-electron chi connectivity index (χ0n) is 9.82. The van der Waals surface area contributed by atoms with Crippen LogP contribution in [0.1, 0.15) is 10.5 Å². The maximum absolute atomic E-state index is 11.9. The normalized spacial score (nSPS) is 10.5. The van der Waals surface area contributed by atoms with Crippen molar-refractivity contribution in [2.75, 3.05) is 13.1 Å². The van der Waals surface area contributed by atoms with Crippen molar-refractivity contribution in [2.24, 2.45) is 5.73 Å². The minimum Gasteiger partial charge on any atom is -0.349 e. The van der Waals surface area contributed by atoms with Crippen molar-refractivity contribution in [1.82, 2.24) is 10.3 Å². The van der Waals surface area contributed by atoms with E-state index in [1.807, 2.05) is 0 Å². The summed E-state index contributed by atoms with van der Waals surface area (Å²) in [4.78, 5) is 16.8. The molecule has 3 N–H and O–H groups in total. The Morgan fingerprint density at radius 2 is 2.16 bits per heavy atom. The van der Waals surface area contributed by atoms with Crippen molar-refractivity contribution in [1.29, 1.82) is 0 Å². The number of nitrogens with one attached hydrogen (secondary N) is 1. The summed E-state index contributed by atoms with van der Waals surface area (Å²) in [5, 5.41) is 3.61. The number of nitrogens with zero attached hydrogens (tertiary/aromatic N) is 1. The molecule has 100 valence electrons. The van der Waals surface area contributed by atoms with Gasteiger partial charge in [0, 0.05) is 13.1 Å². The number of hydrogen-bond acceptors (Lipinski definition) is 4. The van der Waals surface area contributed by atoms with Gasteiger partial charge in [-0.2, -0.15) is 0 Å². The molecule has 4 nitrogen and oxygen atoms in total. The highest BCUT2D eigenvalue weighted by molar-refractivity contribution is 7.13. The molecule has 0 bridgehead atoms. The Labute approximate surface area is 124 Å². The van der Waals surface area contributed by atoms with Gasteiger partial charge in [0.25, 0.3) is 5.91 Å². The minimum absolute atomic E-state index is 0.243. The zero-order valence-corrected chi connectivity index (χ0v) is 12.1. The van der Waals surface area contributed by atoms with Gasteiger partial charge in [-0.05, 0) is 17.7 Å². The molecule has 2 rings (SSSR count). The Morgan fingerprint density at radius 3 is 2.84 bits per heavy atom. The molecule has 2 aromatic rings. The molecule has 1 heterocycles. The number of carbonyl (C=O) groups is 1. The van der Waals surface area contributed by atoms with Crippen LogP contribution in [0.25, 0.3) is 10.4 Å². The first kappa shape index (κ1) is 14.3. The van der Waals surface area contributed by atoms with Crippen LogP contribution in [0.5, 0.6) is 0 Å². The third-order valence-corrected chi connectivity index (χ3v) is 4.01. The molecule has 1 amide bonds. The second kappa shape index (κ2) is 6.34. The molecule has 0 atom stereocenters. The Morgan fingerprint density at radius 1 is 1.37 bits per heavy atom. The molecule has 19 heavy (non-hydrogen) atoms. The average Bonchev–Trinajstić information content (AvgIpc) is 2.88. The van der Waals surface area contributed by atoms with Crippen LogP contribution in [-0.2, 0) is 0 Å². The summed E-state index contributed by atoms with van der Waals surface area (Å²) >= 11 is 13.2. The molecule has 0 aliphatic heterocycles. The van der Waals surface area contributed by atoms with Gasteiger partial charge >= 0.3 is 0 Å². The first-order chi connectivity index (χ1) is 9.13. The van der Waals surface area contributed by atoms with Crippen LogP contribution >= 0.6 is 34.5 Å². The Balaban J connectivity index is 2.33. The van der Waals surface area contributed by atoms with Gasteiger partial charge in [-0.25, -0.2) is 4.98 Å². The number of thiazole rings is 1. The number of benzene rings is 1. The van der Waals surface area contributed by atoms with Crippen molar-refractivity contribution in [3.63, 3.8) is 0 Å². The average molecular weight is 316 g/mol. The molecule has 0 aliphatic rings. The summed E-state index contributed by atoms with van der Waals surface area (Å²) in [5.74, 6) is -0.243. The largest absolute Gasteiger partial charge is 0.349 e. The van der Waals surface area contributed by atoms with E-state index in [0.29, 0.717) is 28.8 Å². The Kier molecular flexibility index (Phi) is 4.76. The molecule has 0 radical (unpaired) electrons. The van der Waals surface area contributed by atoms with Crippen molar-refractivity contribution >= 4 is 40.4 Å². The number of carbonyl (C=O) groups excluding carboxylic acids is 1. The molecule has 0 saturated carbocycles. The lowest BCUT2D eigenvalue weighted by Gasteiger charge is -2.05. The van der Waals surface area contributed by atoms with Gasteiger partial charge in [-0.3, -0.25) is 4.79 Å². The predicted molar refractivity (Wildman–Crippen MR) is 79.0 cm³/mol. The minimum atomic E-state index is -0.243. The monoisotopic (exact) mass is 315 g/mol. The third-order valence-electron chi connectivity index (χ3n) is 2.39. The van der Waals surface area contributed by atoms with Crippen LogP contribution in [0, 0.1) is 0 Å². The lowest BCUT2D eigenvalue weighted by atomic mass is 10.1. The van der Waals surface area contributed by atoms with E-state index in [0.717, 1.165) is 10.4 Å². The van der Waals surface area contributed by atoms with Crippen LogP contribution in [0.3, 0.4) is 0 Å². The van der Waals surface area contributed by atoms with Crippen LogP contribution in [0.4, 0.5) is 0 Å². The maximum atomic E-state index is 11.9. The van der Waals surface area contributed by atoms with Crippen LogP contribution < -0.4 is 11.1 Å². The van der Waals surface area contributed by atoms with E-state index < -0.39 is 0 Å². The summed E-state index contributed by atoms with van der Waals surface area (Å²) < 4.78 is 0. The summed E-state index contributed by atoms with van der Waals surface area (Å²) in [5.41, 5.74) is 8.16. The first-order valence-corrected chi connectivity index (χ1v) is 7.14. The van der Waals surface area contributed by atoms with Crippen LogP contribution in [0.2, 0.25) is 10.0 Å². The van der Waals surface area contributed by atoms with Crippen LogP contribution in [-0.4, -0.2) is 24.0 Å². The molecule has 0 saturated heterocycles. The number of nitrogens with two attached hydrogens (primary N) is 1. The molecule has 0 aliphatic carbocycles. The fourth-order valence-corrected chi connectivity index (χ4v) is 2.60. The lowest BCUT2D eigenvalue weighted by molar-refractivity contribution is 0.0951. The molecule has 0 fully saturated rings. The van der Waals surface area contributed by atoms with Crippen molar-refractivity contribution in [3.8, 4) is 10.4 Å². The fraction of sp³-hybridized carbons (Fsp3) is 0.167. The van der Waals surface area contributed by atoms with E-state index in [-0.39, 0.29) is 5.91 Å². The maximum Gasteiger partial charge on any atom is 0.271 e. The highest BCUT2D eigenvalue weighted by Gasteiger charge is 2.16. The number of halogens is 2. The molecule has 1 aromatic carbocycles. The SMILES string of the molecule is NCCNC(=O)c1ncsc1-c1ccc(Cl)c(Cl)c1. The van der Waals surface area contributed by atoms with Crippen molar-refractivity contribution < 1.29 is 4.79 Å².